The number of ether oxygens (including phenoxy) is 1. The van der Waals surface area contributed by atoms with Gasteiger partial charge >= 0.3 is 5.97 Å². The molecule has 0 unspecified atom stereocenters. The van der Waals surface area contributed by atoms with Crippen LogP contribution in [-0.4, -0.2) is 22.8 Å². The zero-order valence-corrected chi connectivity index (χ0v) is 10.1. The van der Waals surface area contributed by atoms with Crippen LogP contribution in [0.3, 0.4) is 0 Å². The molecule has 0 aliphatic heterocycles. The molecule has 4 nitrogen and oxygen atoms in total. The molecular formula is C13H18O4. The average molecular weight is 238 g/mol. The lowest BCUT2D eigenvalue weighted by Gasteiger charge is -2.13. The van der Waals surface area contributed by atoms with Crippen LogP contribution < -0.4 is 4.74 Å². The van der Waals surface area contributed by atoms with Gasteiger partial charge in [0.15, 0.2) is 0 Å². The van der Waals surface area contributed by atoms with Crippen molar-refractivity contribution in [2.75, 3.05) is 6.61 Å². The van der Waals surface area contributed by atoms with Crippen molar-refractivity contribution in [2.24, 2.45) is 0 Å². The van der Waals surface area contributed by atoms with E-state index in [1.165, 1.54) is 0 Å². The molecular weight excluding hydrogens is 220 g/mol. The lowest BCUT2D eigenvalue weighted by atomic mass is 10.0. The Hall–Kier alpha value is -1.55. The Labute approximate surface area is 101 Å². The summed E-state index contributed by atoms with van der Waals surface area (Å²) in [6, 6.07) is 5.40. The van der Waals surface area contributed by atoms with E-state index >= 15 is 0 Å². The van der Waals surface area contributed by atoms with Crippen molar-refractivity contribution >= 4 is 5.97 Å². The third-order valence-corrected chi connectivity index (χ3v) is 2.52. The van der Waals surface area contributed by atoms with Gasteiger partial charge in [0.2, 0.25) is 0 Å². The summed E-state index contributed by atoms with van der Waals surface area (Å²) in [6.07, 6.45) is -0.545. The summed E-state index contributed by atoms with van der Waals surface area (Å²) >= 11 is 0. The smallest absolute Gasteiger partial charge is 0.303 e. The predicted octanol–water partition coefficient (Wildman–Crippen LogP) is 2.29. The largest absolute Gasteiger partial charge is 0.494 e. The summed E-state index contributed by atoms with van der Waals surface area (Å²) in [7, 11) is 0. The number of aliphatic carboxylic acids is 1. The highest BCUT2D eigenvalue weighted by molar-refractivity contribution is 5.66. The number of hydrogen-bond donors (Lipinski definition) is 2. The molecule has 0 aliphatic carbocycles. The van der Waals surface area contributed by atoms with Gasteiger partial charge in [-0.05, 0) is 43.5 Å². The molecule has 0 fully saturated rings. The van der Waals surface area contributed by atoms with Gasteiger partial charge in [0.05, 0.1) is 12.7 Å². The molecule has 0 amide bonds. The van der Waals surface area contributed by atoms with Gasteiger partial charge in [0.25, 0.3) is 0 Å². The number of aryl methyl sites for hydroxylation is 1. The number of carboxylic acids is 1. The van der Waals surface area contributed by atoms with Crippen molar-refractivity contribution in [3.8, 4) is 5.75 Å². The van der Waals surface area contributed by atoms with Crippen molar-refractivity contribution in [1.82, 2.24) is 0 Å². The highest BCUT2D eigenvalue weighted by atomic mass is 16.5. The van der Waals surface area contributed by atoms with Crippen LogP contribution in [0, 0.1) is 6.92 Å². The molecule has 0 spiro atoms. The van der Waals surface area contributed by atoms with E-state index in [-0.39, 0.29) is 12.8 Å². The molecule has 0 heterocycles. The van der Waals surface area contributed by atoms with Crippen LogP contribution in [0.1, 0.15) is 37.0 Å². The topological polar surface area (TPSA) is 66.8 Å². The van der Waals surface area contributed by atoms with Gasteiger partial charge in [-0.3, -0.25) is 4.79 Å². The number of aliphatic hydroxyl groups excluding tert-OH is 1. The Morgan fingerprint density at radius 3 is 2.71 bits per heavy atom. The molecule has 1 aromatic carbocycles. The van der Waals surface area contributed by atoms with Crippen LogP contribution in [0.5, 0.6) is 5.75 Å². The molecule has 1 rings (SSSR count). The van der Waals surface area contributed by atoms with E-state index < -0.39 is 12.1 Å². The zero-order valence-electron chi connectivity index (χ0n) is 10.1. The SMILES string of the molecule is CCOc1ccc([C@H](O)CCC(=O)O)cc1C. The standard InChI is InChI=1S/C13H18O4/c1-3-17-12-6-4-10(8-9(12)2)11(14)5-7-13(15)16/h4,6,8,11,14H,3,5,7H2,1-2H3,(H,15,16)/t11-/m1/s1. The van der Waals surface area contributed by atoms with Gasteiger partial charge < -0.3 is 14.9 Å². The fourth-order valence-electron chi connectivity index (χ4n) is 1.62. The van der Waals surface area contributed by atoms with Gasteiger partial charge in [0.1, 0.15) is 5.75 Å². The van der Waals surface area contributed by atoms with Crippen molar-refractivity contribution in [1.29, 1.82) is 0 Å². The monoisotopic (exact) mass is 238 g/mol. The van der Waals surface area contributed by atoms with Crippen LogP contribution in [0.25, 0.3) is 0 Å². The first-order chi connectivity index (χ1) is 8.04. The van der Waals surface area contributed by atoms with Crippen molar-refractivity contribution in [2.45, 2.75) is 32.8 Å². The molecule has 0 aromatic heterocycles. The van der Waals surface area contributed by atoms with E-state index in [9.17, 15) is 9.90 Å². The predicted molar refractivity (Wildman–Crippen MR) is 64.2 cm³/mol. The molecule has 0 bridgehead atoms. The Bertz CT molecular complexity index is 387. The normalized spacial score (nSPS) is 12.2. The maximum atomic E-state index is 10.4. The highest BCUT2D eigenvalue weighted by Gasteiger charge is 2.11. The van der Waals surface area contributed by atoms with Crippen LogP contribution in [-0.2, 0) is 4.79 Å². The summed E-state index contributed by atoms with van der Waals surface area (Å²) in [5, 5.41) is 18.4. The van der Waals surface area contributed by atoms with Gasteiger partial charge in [-0.15, -0.1) is 0 Å². The van der Waals surface area contributed by atoms with Gasteiger partial charge in [-0.1, -0.05) is 6.07 Å². The van der Waals surface area contributed by atoms with E-state index in [1.54, 1.807) is 12.1 Å². The Balaban J connectivity index is 2.71. The van der Waals surface area contributed by atoms with Gasteiger partial charge in [-0.25, -0.2) is 0 Å². The Morgan fingerprint density at radius 1 is 1.47 bits per heavy atom. The summed E-state index contributed by atoms with van der Waals surface area (Å²) in [4.78, 5) is 10.4. The second-order valence-electron chi connectivity index (χ2n) is 3.91. The molecule has 2 N–H and O–H groups in total. The minimum absolute atomic E-state index is 0.0343. The molecule has 1 atom stereocenters. The van der Waals surface area contributed by atoms with Crippen LogP contribution in [0.4, 0.5) is 0 Å². The lowest BCUT2D eigenvalue weighted by Crippen LogP contribution is -2.03. The first kappa shape index (κ1) is 13.5. The van der Waals surface area contributed by atoms with Crippen molar-refractivity contribution in [3.05, 3.63) is 29.3 Å². The number of carbonyl (C=O) groups is 1. The van der Waals surface area contributed by atoms with Gasteiger partial charge in [0, 0.05) is 6.42 Å². The van der Waals surface area contributed by atoms with E-state index in [0.29, 0.717) is 6.61 Å². The second-order valence-corrected chi connectivity index (χ2v) is 3.91. The van der Waals surface area contributed by atoms with Crippen LogP contribution in [0.15, 0.2) is 18.2 Å². The molecule has 0 radical (unpaired) electrons. The maximum Gasteiger partial charge on any atom is 0.303 e. The quantitative estimate of drug-likeness (QED) is 0.798. The molecule has 17 heavy (non-hydrogen) atoms. The van der Waals surface area contributed by atoms with E-state index in [0.717, 1.165) is 16.9 Å². The summed E-state index contributed by atoms with van der Waals surface area (Å²) < 4.78 is 5.39. The molecule has 4 heteroatoms. The Morgan fingerprint density at radius 2 is 2.18 bits per heavy atom. The van der Waals surface area contributed by atoms with E-state index in [4.69, 9.17) is 9.84 Å². The number of carboxylic acid groups (broad SMARTS) is 1. The van der Waals surface area contributed by atoms with Crippen LogP contribution in [0.2, 0.25) is 0 Å². The first-order valence-electron chi connectivity index (χ1n) is 5.67. The number of rotatable bonds is 6. The Kier molecular flexibility index (Phi) is 4.97. The fraction of sp³-hybridized carbons (Fsp3) is 0.462. The van der Waals surface area contributed by atoms with Crippen molar-refractivity contribution < 1.29 is 19.7 Å². The summed E-state index contributed by atoms with van der Waals surface area (Å²) in [5.74, 6) is -0.103. The molecule has 94 valence electrons. The maximum absolute atomic E-state index is 10.4. The summed E-state index contributed by atoms with van der Waals surface area (Å²) in [6.45, 7) is 4.41. The van der Waals surface area contributed by atoms with Crippen molar-refractivity contribution in [3.63, 3.8) is 0 Å². The lowest BCUT2D eigenvalue weighted by molar-refractivity contribution is -0.137. The van der Waals surface area contributed by atoms with Gasteiger partial charge in [-0.2, -0.15) is 0 Å². The minimum Gasteiger partial charge on any atom is -0.494 e. The molecule has 1 aromatic rings. The molecule has 0 saturated carbocycles. The second kappa shape index (κ2) is 6.25. The third-order valence-electron chi connectivity index (χ3n) is 2.52. The molecule has 0 aliphatic rings. The van der Waals surface area contributed by atoms with E-state index in [2.05, 4.69) is 0 Å². The minimum atomic E-state index is -0.897. The number of aliphatic hydroxyl groups is 1. The van der Waals surface area contributed by atoms with E-state index in [1.807, 2.05) is 19.9 Å². The third kappa shape index (κ3) is 4.07. The number of hydrogen-bond acceptors (Lipinski definition) is 3. The highest BCUT2D eigenvalue weighted by Crippen LogP contribution is 2.25. The first-order valence-corrected chi connectivity index (χ1v) is 5.67. The average Bonchev–Trinajstić information content (AvgIpc) is 2.28. The van der Waals surface area contributed by atoms with Crippen LogP contribution >= 0.6 is 0 Å². The molecule has 0 saturated heterocycles. The zero-order chi connectivity index (χ0) is 12.8. The summed E-state index contributed by atoms with van der Waals surface area (Å²) in [5.41, 5.74) is 1.67. The number of benzene rings is 1. The fourth-order valence-corrected chi connectivity index (χ4v) is 1.62.